The van der Waals surface area contributed by atoms with E-state index in [-0.39, 0.29) is 12.6 Å². The SMILES string of the molecule is COCC(CO)NCC1Cc2ccccc2S1. The number of nitrogens with one attached hydrogen (secondary N) is 1. The Morgan fingerprint density at radius 1 is 1.53 bits per heavy atom. The molecule has 4 heteroatoms. The number of methoxy groups -OCH3 is 1. The highest BCUT2D eigenvalue weighted by Gasteiger charge is 2.22. The molecule has 2 N–H and O–H groups in total. The molecule has 1 aromatic carbocycles. The molecule has 1 heterocycles. The molecule has 17 heavy (non-hydrogen) atoms. The van der Waals surface area contributed by atoms with E-state index in [1.54, 1.807) is 7.11 Å². The summed E-state index contributed by atoms with van der Waals surface area (Å²) in [6.45, 7) is 1.59. The first kappa shape index (κ1) is 12.9. The lowest BCUT2D eigenvalue weighted by molar-refractivity contribution is 0.129. The van der Waals surface area contributed by atoms with E-state index >= 15 is 0 Å². The molecule has 0 aliphatic carbocycles. The van der Waals surface area contributed by atoms with Gasteiger partial charge in [-0.2, -0.15) is 0 Å². The van der Waals surface area contributed by atoms with Gasteiger partial charge in [0.2, 0.25) is 0 Å². The second kappa shape index (κ2) is 6.40. The third-order valence-corrected chi connectivity index (χ3v) is 4.26. The van der Waals surface area contributed by atoms with Crippen LogP contribution in [-0.2, 0) is 11.2 Å². The zero-order chi connectivity index (χ0) is 12.1. The minimum atomic E-state index is 0.0457. The molecule has 0 fully saturated rings. The number of thioether (sulfide) groups is 1. The standard InChI is InChI=1S/C13H19NO2S/c1-16-9-11(8-15)14-7-12-6-10-4-2-3-5-13(10)17-12/h2-5,11-12,14-15H,6-9H2,1H3. The van der Waals surface area contributed by atoms with Crippen molar-refractivity contribution in [2.45, 2.75) is 22.6 Å². The van der Waals surface area contributed by atoms with E-state index in [0.29, 0.717) is 11.9 Å². The van der Waals surface area contributed by atoms with Crippen molar-refractivity contribution in [3.05, 3.63) is 29.8 Å². The molecule has 1 aliphatic rings. The van der Waals surface area contributed by atoms with Gasteiger partial charge in [-0.05, 0) is 18.1 Å². The lowest BCUT2D eigenvalue weighted by Crippen LogP contribution is -2.40. The van der Waals surface area contributed by atoms with Crippen LogP contribution in [0.3, 0.4) is 0 Å². The number of ether oxygens (including phenoxy) is 1. The summed E-state index contributed by atoms with van der Waals surface area (Å²) in [6, 6.07) is 8.60. The molecular weight excluding hydrogens is 234 g/mol. The number of aliphatic hydroxyl groups excluding tert-OH is 1. The molecule has 0 radical (unpaired) electrons. The Morgan fingerprint density at radius 2 is 2.35 bits per heavy atom. The molecule has 1 aromatic rings. The Labute approximate surface area is 107 Å². The fourth-order valence-corrected chi connectivity index (χ4v) is 3.30. The van der Waals surface area contributed by atoms with E-state index < -0.39 is 0 Å². The maximum absolute atomic E-state index is 9.16. The minimum absolute atomic E-state index is 0.0457. The molecule has 0 amide bonds. The lowest BCUT2D eigenvalue weighted by Gasteiger charge is -2.17. The average molecular weight is 253 g/mol. The van der Waals surface area contributed by atoms with Crippen LogP contribution in [0.4, 0.5) is 0 Å². The first-order valence-corrected chi connectivity index (χ1v) is 6.79. The van der Waals surface area contributed by atoms with Crippen LogP contribution in [0.25, 0.3) is 0 Å². The molecule has 94 valence electrons. The van der Waals surface area contributed by atoms with Gasteiger partial charge in [0.15, 0.2) is 0 Å². The van der Waals surface area contributed by atoms with Crippen LogP contribution in [0.15, 0.2) is 29.2 Å². The van der Waals surface area contributed by atoms with E-state index in [1.807, 2.05) is 11.8 Å². The van der Waals surface area contributed by atoms with Crippen molar-refractivity contribution >= 4 is 11.8 Å². The summed E-state index contributed by atoms with van der Waals surface area (Å²) in [5.41, 5.74) is 1.44. The Bertz CT molecular complexity index is 334. The largest absolute Gasteiger partial charge is 0.395 e. The summed E-state index contributed by atoms with van der Waals surface area (Å²) >= 11 is 1.92. The van der Waals surface area contributed by atoms with E-state index in [4.69, 9.17) is 9.84 Å². The maximum atomic E-state index is 9.16. The minimum Gasteiger partial charge on any atom is -0.395 e. The highest BCUT2D eigenvalue weighted by atomic mass is 32.2. The van der Waals surface area contributed by atoms with Crippen LogP contribution < -0.4 is 5.32 Å². The Balaban J connectivity index is 1.79. The summed E-state index contributed by atoms with van der Waals surface area (Å²) in [5, 5.41) is 13.1. The summed E-state index contributed by atoms with van der Waals surface area (Å²) < 4.78 is 5.04. The average Bonchev–Trinajstić information content (AvgIpc) is 2.77. The Morgan fingerprint density at radius 3 is 3.06 bits per heavy atom. The van der Waals surface area contributed by atoms with Gasteiger partial charge in [-0.1, -0.05) is 18.2 Å². The van der Waals surface area contributed by atoms with Crippen molar-refractivity contribution in [2.24, 2.45) is 0 Å². The van der Waals surface area contributed by atoms with Crippen molar-refractivity contribution in [1.29, 1.82) is 0 Å². The van der Waals surface area contributed by atoms with E-state index in [2.05, 4.69) is 29.6 Å². The van der Waals surface area contributed by atoms with Crippen molar-refractivity contribution in [3.8, 4) is 0 Å². The molecule has 0 aromatic heterocycles. The number of rotatable bonds is 6. The molecule has 2 atom stereocenters. The van der Waals surface area contributed by atoms with Crippen LogP contribution in [-0.4, -0.2) is 43.3 Å². The first-order valence-electron chi connectivity index (χ1n) is 5.91. The second-order valence-corrected chi connectivity index (χ2v) is 5.64. The fourth-order valence-electron chi connectivity index (χ4n) is 2.04. The second-order valence-electron chi connectivity index (χ2n) is 4.29. The van der Waals surface area contributed by atoms with Gasteiger partial charge < -0.3 is 15.2 Å². The van der Waals surface area contributed by atoms with Crippen LogP contribution in [0.1, 0.15) is 5.56 Å². The molecular formula is C13H19NO2S. The predicted molar refractivity (Wildman–Crippen MR) is 70.5 cm³/mol. The first-order chi connectivity index (χ1) is 8.33. The van der Waals surface area contributed by atoms with Crippen molar-refractivity contribution < 1.29 is 9.84 Å². The van der Waals surface area contributed by atoms with Crippen LogP contribution in [0.5, 0.6) is 0 Å². The summed E-state index contributed by atoms with van der Waals surface area (Å²) in [7, 11) is 1.66. The zero-order valence-electron chi connectivity index (χ0n) is 10.1. The third kappa shape index (κ3) is 3.45. The smallest absolute Gasteiger partial charge is 0.0638 e. The number of aliphatic hydroxyl groups is 1. The number of fused-ring (bicyclic) bond motifs is 1. The monoisotopic (exact) mass is 253 g/mol. The summed E-state index contributed by atoms with van der Waals surface area (Å²) in [5.74, 6) is 0. The number of hydrogen-bond acceptors (Lipinski definition) is 4. The van der Waals surface area contributed by atoms with Gasteiger partial charge in [-0.15, -0.1) is 11.8 Å². The molecule has 0 saturated heterocycles. The van der Waals surface area contributed by atoms with Crippen molar-refractivity contribution in [1.82, 2.24) is 5.32 Å². The van der Waals surface area contributed by atoms with E-state index in [1.165, 1.54) is 10.5 Å². The van der Waals surface area contributed by atoms with Crippen molar-refractivity contribution in [3.63, 3.8) is 0 Å². The van der Waals surface area contributed by atoms with Crippen molar-refractivity contribution in [2.75, 3.05) is 26.9 Å². The number of benzene rings is 1. The Kier molecular flexibility index (Phi) is 4.86. The lowest BCUT2D eigenvalue weighted by atomic mass is 10.1. The van der Waals surface area contributed by atoms with Gasteiger partial charge in [0.25, 0.3) is 0 Å². The highest BCUT2D eigenvalue weighted by molar-refractivity contribution is 8.00. The van der Waals surface area contributed by atoms with Crippen LogP contribution in [0.2, 0.25) is 0 Å². The van der Waals surface area contributed by atoms with Gasteiger partial charge >= 0.3 is 0 Å². The fraction of sp³-hybridized carbons (Fsp3) is 0.538. The van der Waals surface area contributed by atoms with Gasteiger partial charge in [0.05, 0.1) is 19.3 Å². The van der Waals surface area contributed by atoms with Gasteiger partial charge in [0.1, 0.15) is 0 Å². The van der Waals surface area contributed by atoms with Gasteiger partial charge in [-0.3, -0.25) is 0 Å². The molecule has 2 rings (SSSR count). The zero-order valence-corrected chi connectivity index (χ0v) is 10.9. The predicted octanol–water partition coefficient (Wildman–Crippen LogP) is 1.30. The van der Waals surface area contributed by atoms with E-state index in [9.17, 15) is 0 Å². The maximum Gasteiger partial charge on any atom is 0.0638 e. The van der Waals surface area contributed by atoms with Gasteiger partial charge in [0, 0.05) is 23.8 Å². The molecule has 0 bridgehead atoms. The molecule has 0 saturated carbocycles. The number of hydrogen-bond donors (Lipinski definition) is 2. The van der Waals surface area contributed by atoms with E-state index in [0.717, 1.165) is 13.0 Å². The van der Waals surface area contributed by atoms with Crippen LogP contribution >= 0.6 is 11.8 Å². The Hall–Kier alpha value is -0.550. The normalized spacial score (nSPS) is 20.2. The van der Waals surface area contributed by atoms with Crippen LogP contribution in [0, 0.1) is 0 Å². The third-order valence-electron chi connectivity index (χ3n) is 2.94. The highest BCUT2D eigenvalue weighted by Crippen LogP contribution is 2.36. The van der Waals surface area contributed by atoms with Gasteiger partial charge in [-0.25, -0.2) is 0 Å². The molecule has 2 unspecified atom stereocenters. The molecule has 0 spiro atoms. The molecule has 1 aliphatic heterocycles. The quantitative estimate of drug-likeness (QED) is 0.802. The molecule has 3 nitrogen and oxygen atoms in total. The summed E-state index contributed by atoms with van der Waals surface area (Å²) in [4.78, 5) is 1.39. The summed E-state index contributed by atoms with van der Waals surface area (Å²) in [6.07, 6.45) is 1.11. The topological polar surface area (TPSA) is 41.5 Å².